The fraction of sp³-hybridized carbons (Fsp3) is 0.833. The minimum atomic E-state index is -2.29. The molecule has 0 unspecified atom stereocenters. The van der Waals surface area contributed by atoms with Crippen molar-refractivity contribution in [3.8, 4) is 0 Å². The van der Waals surface area contributed by atoms with Crippen LogP contribution >= 0.6 is 0 Å². The number of aliphatic hydroxyl groups is 8. The zero-order valence-corrected chi connectivity index (χ0v) is 18.3. The van der Waals surface area contributed by atoms with Crippen LogP contribution in [0.2, 0.25) is 0 Å². The van der Waals surface area contributed by atoms with Gasteiger partial charge in [-0.1, -0.05) is 0 Å². The summed E-state index contributed by atoms with van der Waals surface area (Å²) in [6, 6.07) is 0. The first-order valence-corrected chi connectivity index (χ1v) is 10.6. The highest BCUT2D eigenvalue weighted by atomic mass is 16.8. The van der Waals surface area contributed by atoms with E-state index in [-0.39, 0.29) is 0 Å². The topological polar surface area (TPSA) is 320 Å². The standard InChI is InChI=1S/C18H26O19/c19-1-2(20)10(13(26)27)36-17(6(1)24)35-9-4(22)7(25)18(37-12(9)15(30)31)34-8-3(21)5(23)16(32)33-11(8)14(28)29/h1-12,16-25,32H,(H,26,27)(H,28,29)(H,30,31)/t1-,2-,3+,4+,5-,6-,7-,8-,9-,10+,11-,12-,16+,17+,18+/m0/s1. The Morgan fingerprint density at radius 3 is 1.30 bits per heavy atom. The fourth-order valence-electron chi connectivity index (χ4n) is 3.98. The Kier molecular flexibility index (Phi) is 9.01. The van der Waals surface area contributed by atoms with E-state index in [4.69, 9.17) is 24.1 Å². The lowest BCUT2D eigenvalue weighted by Gasteiger charge is -2.46. The molecule has 0 aliphatic carbocycles. The quantitative estimate of drug-likeness (QED) is 0.141. The molecule has 37 heavy (non-hydrogen) atoms. The highest BCUT2D eigenvalue weighted by Gasteiger charge is 2.56. The van der Waals surface area contributed by atoms with E-state index < -0.39 is 110 Å². The molecule has 0 saturated carbocycles. The van der Waals surface area contributed by atoms with Crippen molar-refractivity contribution in [2.45, 2.75) is 92.1 Å². The molecule has 15 atom stereocenters. The van der Waals surface area contributed by atoms with Gasteiger partial charge in [0.05, 0.1) is 0 Å². The van der Waals surface area contributed by atoms with Crippen molar-refractivity contribution in [1.82, 2.24) is 0 Å². The first-order chi connectivity index (χ1) is 17.2. The third-order valence-corrected chi connectivity index (χ3v) is 5.99. The molecule has 0 radical (unpaired) electrons. The smallest absolute Gasteiger partial charge is 0.335 e. The minimum Gasteiger partial charge on any atom is -0.479 e. The maximum absolute atomic E-state index is 11.8. The van der Waals surface area contributed by atoms with Gasteiger partial charge in [0, 0.05) is 0 Å². The third kappa shape index (κ3) is 5.68. The van der Waals surface area contributed by atoms with Gasteiger partial charge in [-0.2, -0.15) is 0 Å². The molecule has 3 aliphatic heterocycles. The van der Waals surface area contributed by atoms with Gasteiger partial charge >= 0.3 is 17.9 Å². The molecular weight excluding hydrogens is 520 g/mol. The summed E-state index contributed by atoms with van der Waals surface area (Å²) < 4.78 is 24.8. The van der Waals surface area contributed by atoms with Gasteiger partial charge in [0.2, 0.25) is 0 Å². The van der Waals surface area contributed by atoms with Crippen molar-refractivity contribution in [1.29, 1.82) is 0 Å². The summed E-state index contributed by atoms with van der Waals surface area (Å²) in [7, 11) is 0. The highest BCUT2D eigenvalue weighted by molar-refractivity contribution is 5.74. The number of rotatable bonds is 7. The van der Waals surface area contributed by atoms with Gasteiger partial charge in [-0.05, 0) is 0 Å². The molecule has 0 aromatic rings. The Labute approximate surface area is 205 Å². The zero-order valence-electron chi connectivity index (χ0n) is 18.3. The summed E-state index contributed by atoms with van der Waals surface area (Å²) in [5, 5.41) is 108. The molecule has 0 spiro atoms. The van der Waals surface area contributed by atoms with Gasteiger partial charge in [0.15, 0.2) is 37.2 Å². The normalized spacial score (nSPS) is 48.8. The average molecular weight is 546 g/mol. The Balaban J connectivity index is 1.81. The van der Waals surface area contributed by atoms with Crippen LogP contribution in [0.1, 0.15) is 0 Å². The molecule has 3 rings (SSSR count). The van der Waals surface area contributed by atoms with Crippen LogP contribution in [-0.4, -0.2) is 166 Å². The van der Waals surface area contributed by atoms with E-state index in [0.29, 0.717) is 0 Å². The molecule has 0 aromatic carbocycles. The summed E-state index contributed by atoms with van der Waals surface area (Å²) in [4.78, 5) is 34.5. The van der Waals surface area contributed by atoms with E-state index in [9.17, 15) is 65.4 Å². The van der Waals surface area contributed by atoms with Crippen molar-refractivity contribution in [3.05, 3.63) is 0 Å². The van der Waals surface area contributed by atoms with E-state index in [2.05, 4.69) is 4.74 Å². The fourth-order valence-corrected chi connectivity index (χ4v) is 3.98. The molecule has 19 heteroatoms. The van der Waals surface area contributed by atoms with E-state index in [1.165, 1.54) is 0 Å². The van der Waals surface area contributed by atoms with E-state index in [1.54, 1.807) is 0 Å². The van der Waals surface area contributed by atoms with Crippen LogP contribution in [0.4, 0.5) is 0 Å². The number of carboxylic acids is 3. The molecule has 3 heterocycles. The van der Waals surface area contributed by atoms with Gasteiger partial charge in [0.1, 0.15) is 54.9 Å². The maximum atomic E-state index is 11.8. The molecule has 212 valence electrons. The molecular formula is C18H26O19. The summed E-state index contributed by atoms with van der Waals surface area (Å²) in [5.41, 5.74) is 0. The Bertz CT molecular complexity index is 853. The van der Waals surface area contributed by atoms with Gasteiger partial charge < -0.3 is 79.9 Å². The van der Waals surface area contributed by atoms with Gasteiger partial charge in [-0.3, -0.25) is 0 Å². The number of hydrogen-bond acceptors (Lipinski definition) is 16. The second-order valence-corrected chi connectivity index (χ2v) is 8.45. The van der Waals surface area contributed by atoms with Crippen LogP contribution in [0.15, 0.2) is 0 Å². The second kappa shape index (κ2) is 11.3. The lowest BCUT2D eigenvalue weighted by molar-refractivity contribution is -0.368. The summed E-state index contributed by atoms with van der Waals surface area (Å²) in [6.07, 6.45) is -32.5. The van der Waals surface area contributed by atoms with Crippen LogP contribution < -0.4 is 0 Å². The van der Waals surface area contributed by atoms with Gasteiger partial charge in [0.25, 0.3) is 0 Å². The van der Waals surface area contributed by atoms with Gasteiger partial charge in [-0.25, -0.2) is 14.4 Å². The van der Waals surface area contributed by atoms with Crippen LogP contribution in [0, 0.1) is 0 Å². The van der Waals surface area contributed by atoms with Crippen LogP contribution in [0.25, 0.3) is 0 Å². The Hall–Kier alpha value is -2.11. The molecule has 0 aromatic heterocycles. The van der Waals surface area contributed by atoms with E-state index in [0.717, 1.165) is 0 Å². The molecule has 3 fully saturated rings. The molecule has 3 saturated heterocycles. The molecule has 3 aliphatic rings. The van der Waals surface area contributed by atoms with Crippen LogP contribution in [-0.2, 0) is 38.1 Å². The number of aliphatic hydroxyl groups excluding tert-OH is 8. The minimum absolute atomic E-state index is 1.79. The number of ether oxygens (including phenoxy) is 5. The first kappa shape index (κ1) is 29.4. The van der Waals surface area contributed by atoms with Crippen molar-refractivity contribution < 1.29 is 94.2 Å². The first-order valence-electron chi connectivity index (χ1n) is 10.6. The Morgan fingerprint density at radius 1 is 0.459 bits per heavy atom. The molecule has 0 amide bonds. The SMILES string of the molecule is O=C(O)[C@H]1O[C@@H](O[C@H]2[C@H](O)[C@H](O)[C@H](O)O[C@@H]2C(=O)O)[C@@H](O)[C@@H](O)[C@@H]1O[C@@H]1O[C@@H](C(=O)O)[C@@H](O)[C@H](O)[C@@H]1O. The largest absolute Gasteiger partial charge is 0.479 e. The Morgan fingerprint density at radius 2 is 0.838 bits per heavy atom. The van der Waals surface area contributed by atoms with E-state index >= 15 is 0 Å². The monoisotopic (exact) mass is 546 g/mol. The van der Waals surface area contributed by atoms with E-state index in [1.807, 2.05) is 0 Å². The zero-order chi connectivity index (χ0) is 27.9. The molecule has 0 bridgehead atoms. The third-order valence-electron chi connectivity index (χ3n) is 5.99. The van der Waals surface area contributed by atoms with Gasteiger partial charge in [-0.15, -0.1) is 0 Å². The van der Waals surface area contributed by atoms with Crippen molar-refractivity contribution >= 4 is 17.9 Å². The average Bonchev–Trinajstić information content (AvgIpc) is 2.82. The molecule has 19 nitrogen and oxygen atoms in total. The lowest BCUT2D eigenvalue weighted by atomic mass is 9.95. The predicted molar refractivity (Wildman–Crippen MR) is 103 cm³/mol. The number of hydrogen-bond donors (Lipinski definition) is 11. The highest BCUT2D eigenvalue weighted by Crippen LogP contribution is 2.32. The number of aliphatic carboxylic acids is 3. The number of carboxylic acid groups (broad SMARTS) is 3. The van der Waals surface area contributed by atoms with Crippen molar-refractivity contribution in [3.63, 3.8) is 0 Å². The lowest BCUT2D eigenvalue weighted by Crippen LogP contribution is -2.67. The maximum Gasteiger partial charge on any atom is 0.335 e. The predicted octanol–water partition coefficient (Wildman–Crippen LogP) is -7.30. The molecule has 11 N–H and O–H groups in total. The summed E-state index contributed by atoms with van der Waals surface area (Å²) in [5.74, 6) is -5.46. The second-order valence-electron chi connectivity index (χ2n) is 8.45. The van der Waals surface area contributed by atoms with Crippen LogP contribution in [0.3, 0.4) is 0 Å². The summed E-state index contributed by atoms with van der Waals surface area (Å²) in [6.45, 7) is 0. The van der Waals surface area contributed by atoms with Crippen LogP contribution in [0.5, 0.6) is 0 Å². The van der Waals surface area contributed by atoms with Crippen molar-refractivity contribution in [2.75, 3.05) is 0 Å². The number of carbonyl (C=O) groups is 3. The van der Waals surface area contributed by atoms with Crippen molar-refractivity contribution in [2.24, 2.45) is 0 Å². The summed E-state index contributed by atoms with van der Waals surface area (Å²) >= 11 is 0.